The molecule has 0 saturated carbocycles. The Hall–Kier alpha value is -4.86. The van der Waals surface area contributed by atoms with E-state index in [1.54, 1.807) is 39.9 Å². The van der Waals surface area contributed by atoms with Gasteiger partial charge in [0.2, 0.25) is 0 Å². The number of rotatable bonds is 8. The van der Waals surface area contributed by atoms with E-state index in [2.05, 4.69) is 33.2 Å². The summed E-state index contributed by atoms with van der Waals surface area (Å²) in [6, 6.07) is 15.8. The number of carbonyl (C=O) groups is 1. The number of halogens is 1. The predicted molar refractivity (Wildman–Crippen MR) is 169 cm³/mol. The van der Waals surface area contributed by atoms with Crippen LogP contribution in [-0.2, 0) is 4.79 Å². The van der Waals surface area contributed by atoms with Crippen molar-refractivity contribution >= 4 is 22.8 Å². The molecule has 45 heavy (non-hydrogen) atoms. The van der Waals surface area contributed by atoms with Crippen molar-refractivity contribution in [3.8, 4) is 28.8 Å². The molecule has 2 aliphatic rings. The molecule has 6 rings (SSSR count). The molecule has 2 fully saturated rings. The van der Waals surface area contributed by atoms with Crippen LogP contribution in [0.2, 0.25) is 0 Å². The first kappa shape index (κ1) is 30.2. The van der Waals surface area contributed by atoms with Gasteiger partial charge < -0.3 is 20.7 Å². The van der Waals surface area contributed by atoms with Gasteiger partial charge in [0.1, 0.15) is 46.8 Å². The summed E-state index contributed by atoms with van der Waals surface area (Å²) in [6.07, 6.45) is 5.18. The Labute approximate surface area is 261 Å². The van der Waals surface area contributed by atoms with Crippen LogP contribution in [0.3, 0.4) is 0 Å². The van der Waals surface area contributed by atoms with Gasteiger partial charge in [-0.25, -0.2) is 19.0 Å². The highest BCUT2D eigenvalue weighted by Crippen LogP contribution is 2.36. The number of nitrogen functional groups attached to an aromatic ring is 1. The highest BCUT2D eigenvalue weighted by atomic mass is 19.1. The summed E-state index contributed by atoms with van der Waals surface area (Å²) in [7, 11) is 0. The van der Waals surface area contributed by atoms with Crippen molar-refractivity contribution in [1.29, 1.82) is 5.26 Å². The first-order chi connectivity index (χ1) is 21.9. The van der Waals surface area contributed by atoms with Crippen LogP contribution in [0.25, 0.3) is 22.3 Å². The van der Waals surface area contributed by atoms with Crippen LogP contribution in [0.1, 0.15) is 32.2 Å². The van der Waals surface area contributed by atoms with Crippen molar-refractivity contribution in [3.05, 3.63) is 72.3 Å². The number of piperazine rings is 1. The van der Waals surface area contributed by atoms with Gasteiger partial charge in [0, 0.05) is 56.9 Å². The molecule has 1 amide bonds. The number of nitrogens with two attached hydrogens (primary N) is 1. The summed E-state index contributed by atoms with van der Waals surface area (Å²) >= 11 is 0. The summed E-state index contributed by atoms with van der Waals surface area (Å²) in [5, 5.41) is 18.5. The maximum atomic E-state index is 15.6. The molecule has 2 aliphatic heterocycles. The van der Waals surface area contributed by atoms with Crippen molar-refractivity contribution < 1.29 is 13.9 Å². The summed E-state index contributed by atoms with van der Waals surface area (Å²) in [5.41, 5.74) is 7.45. The molecule has 4 aromatic rings. The second kappa shape index (κ2) is 13.4. The van der Waals surface area contributed by atoms with Crippen molar-refractivity contribution in [2.24, 2.45) is 0 Å². The van der Waals surface area contributed by atoms with E-state index >= 15 is 4.39 Å². The summed E-state index contributed by atoms with van der Waals surface area (Å²) < 4.78 is 23.1. The molecular formula is C33H36FN9O2. The Morgan fingerprint density at radius 2 is 1.98 bits per heavy atom. The number of aromatic nitrogens is 4. The fourth-order valence-corrected chi connectivity index (χ4v) is 6.06. The molecule has 0 bridgehead atoms. The van der Waals surface area contributed by atoms with Crippen LogP contribution in [0.5, 0.6) is 11.5 Å². The maximum absolute atomic E-state index is 15.6. The van der Waals surface area contributed by atoms with Crippen molar-refractivity contribution in [1.82, 2.24) is 34.9 Å². The van der Waals surface area contributed by atoms with Gasteiger partial charge in [0.15, 0.2) is 5.65 Å². The number of fused-ring (bicyclic) bond motifs is 1. The van der Waals surface area contributed by atoms with Gasteiger partial charge in [-0.3, -0.25) is 9.69 Å². The fourth-order valence-electron chi connectivity index (χ4n) is 6.06. The lowest BCUT2D eigenvalue weighted by atomic mass is 10.0. The minimum atomic E-state index is -0.530. The predicted octanol–water partition coefficient (Wildman–Crippen LogP) is 4.30. The maximum Gasteiger partial charge on any atom is 0.264 e. The zero-order valence-electron chi connectivity index (χ0n) is 25.2. The number of nitrogens with zero attached hydrogens (tertiary/aromatic N) is 7. The third-order valence-corrected chi connectivity index (χ3v) is 8.51. The molecule has 11 nitrogen and oxygen atoms in total. The molecule has 0 spiro atoms. The third-order valence-electron chi connectivity index (χ3n) is 8.51. The number of nitrogens with one attached hydrogen (secondary N) is 1. The van der Waals surface area contributed by atoms with E-state index in [1.807, 2.05) is 18.2 Å². The lowest BCUT2D eigenvalue weighted by Crippen LogP contribution is -2.47. The number of hydrogen-bond donors (Lipinski definition) is 2. The zero-order chi connectivity index (χ0) is 31.3. The van der Waals surface area contributed by atoms with Crippen LogP contribution in [-0.4, -0.2) is 80.8 Å². The van der Waals surface area contributed by atoms with Crippen LogP contribution >= 0.6 is 0 Å². The first-order valence-electron chi connectivity index (χ1n) is 15.3. The fraction of sp³-hybridized carbons (Fsp3) is 0.364. The van der Waals surface area contributed by atoms with E-state index in [-0.39, 0.29) is 34.9 Å². The monoisotopic (exact) mass is 609 g/mol. The molecule has 0 aliphatic carbocycles. The molecule has 2 aromatic heterocycles. The number of anilines is 1. The summed E-state index contributed by atoms with van der Waals surface area (Å²) in [4.78, 5) is 26.2. The molecule has 1 unspecified atom stereocenters. The topological polar surface area (TPSA) is 138 Å². The second-order valence-corrected chi connectivity index (χ2v) is 11.5. The number of nitriles is 1. The van der Waals surface area contributed by atoms with Gasteiger partial charge in [-0.15, -0.1) is 0 Å². The number of carbonyl (C=O) groups excluding carboxylic acids is 1. The Balaban J connectivity index is 1.24. The molecule has 3 N–H and O–H groups in total. The van der Waals surface area contributed by atoms with Gasteiger partial charge >= 0.3 is 0 Å². The molecule has 12 heteroatoms. The lowest BCUT2D eigenvalue weighted by Gasteiger charge is -2.33. The van der Waals surface area contributed by atoms with Crippen LogP contribution < -0.4 is 15.8 Å². The van der Waals surface area contributed by atoms with Gasteiger partial charge in [-0.1, -0.05) is 24.3 Å². The largest absolute Gasteiger partial charge is 0.457 e. The number of hydrogen-bond acceptors (Lipinski definition) is 9. The average molecular weight is 610 g/mol. The van der Waals surface area contributed by atoms with E-state index in [0.29, 0.717) is 54.2 Å². The molecule has 4 heterocycles. The Kier molecular flexibility index (Phi) is 9.00. The van der Waals surface area contributed by atoms with E-state index in [1.165, 1.54) is 12.4 Å². The Bertz CT molecular complexity index is 1740. The minimum absolute atomic E-state index is 0.148. The average Bonchev–Trinajstić information content (AvgIpc) is 3.46. The first-order valence-corrected chi connectivity index (χ1v) is 15.3. The number of ether oxygens (including phenoxy) is 1. The molecule has 2 saturated heterocycles. The molecule has 0 radical (unpaired) electrons. The smallest absolute Gasteiger partial charge is 0.264 e. The van der Waals surface area contributed by atoms with Gasteiger partial charge in [0.25, 0.3) is 5.91 Å². The number of piperidine rings is 1. The highest BCUT2D eigenvalue weighted by molar-refractivity contribution is 5.99. The van der Waals surface area contributed by atoms with Crippen LogP contribution in [0.15, 0.2) is 66.5 Å². The number of benzene rings is 2. The number of para-hydroxylation sites is 1. The normalized spacial score (nSPS) is 18.5. The van der Waals surface area contributed by atoms with E-state index in [4.69, 9.17) is 15.6 Å². The molecule has 2 aromatic carbocycles. The zero-order valence-corrected chi connectivity index (χ0v) is 25.2. The van der Waals surface area contributed by atoms with Crippen LogP contribution in [0.4, 0.5) is 10.2 Å². The Morgan fingerprint density at radius 1 is 1.18 bits per heavy atom. The van der Waals surface area contributed by atoms with Crippen molar-refractivity contribution in [2.45, 2.75) is 38.3 Å². The molecule has 2 atom stereocenters. The highest BCUT2D eigenvalue weighted by Gasteiger charge is 2.30. The standard InChI is InChI=1S/C33H36FN9O2/c1-22(41-16-13-37-14-17-41)9-10-23(19-35)33(44)42-15-5-6-24(20-42)43-32-29(31(36)38-21-39-32)30(40-43)27-12-11-26(18-28(27)34)45-25-7-3-2-4-8-25/h2-4,7-8,10-12,18,21-22,24,37H,5-6,9,13-17,20H2,1H3,(H2,36,38,39)/t22?,24-/m0/s1. The lowest BCUT2D eigenvalue weighted by molar-refractivity contribution is -0.128. The quantitative estimate of drug-likeness (QED) is 0.221. The van der Waals surface area contributed by atoms with Crippen molar-refractivity contribution in [2.75, 3.05) is 45.0 Å². The van der Waals surface area contributed by atoms with Crippen molar-refractivity contribution in [3.63, 3.8) is 0 Å². The minimum Gasteiger partial charge on any atom is -0.457 e. The van der Waals surface area contributed by atoms with E-state index < -0.39 is 5.82 Å². The molecular weight excluding hydrogens is 573 g/mol. The van der Waals surface area contributed by atoms with Crippen LogP contribution in [0, 0.1) is 17.1 Å². The van der Waals surface area contributed by atoms with E-state index in [0.717, 1.165) is 32.6 Å². The van der Waals surface area contributed by atoms with Gasteiger partial charge in [-0.05, 0) is 50.5 Å². The molecule has 232 valence electrons. The van der Waals surface area contributed by atoms with Gasteiger partial charge in [-0.2, -0.15) is 10.4 Å². The summed E-state index contributed by atoms with van der Waals surface area (Å²) in [6.45, 7) is 6.76. The third kappa shape index (κ3) is 6.50. The summed E-state index contributed by atoms with van der Waals surface area (Å²) in [5.74, 6) is 0.304. The number of amides is 1. The Morgan fingerprint density at radius 3 is 2.73 bits per heavy atom. The SMILES string of the molecule is CC(CC=C(C#N)C(=O)N1CCC[C@H](n2nc(-c3ccc(Oc4ccccc4)cc3F)c3c(N)ncnc32)C1)N1CCNCC1. The van der Waals surface area contributed by atoms with E-state index in [9.17, 15) is 10.1 Å². The number of likely N-dealkylation sites (tertiary alicyclic amines) is 1. The second-order valence-electron chi connectivity index (χ2n) is 11.5. The van der Waals surface area contributed by atoms with Gasteiger partial charge in [0.05, 0.1) is 11.4 Å².